The highest BCUT2D eigenvalue weighted by Gasteiger charge is 2.22. The Hall–Kier alpha value is -0.940. The summed E-state index contributed by atoms with van der Waals surface area (Å²) in [5.74, 6) is 2.29. The second kappa shape index (κ2) is 7.60. The molecule has 1 rings (SSSR count). The zero-order valence-corrected chi connectivity index (χ0v) is 12.9. The van der Waals surface area contributed by atoms with Crippen molar-refractivity contribution in [1.29, 1.82) is 0 Å². The van der Waals surface area contributed by atoms with Crippen LogP contribution in [0.4, 0.5) is 0 Å². The highest BCUT2D eigenvalue weighted by Crippen LogP contribution is 2.22. The molecular formula is C14H27N3O2. The summed E-state index contributed by atoms with van der Waals surface area (Å²) >= 11 is 0. The largest absolute Gasteiger partial charge is 0.373 e. The first kappa shape index (κ1) is 16.1. The molecule has 19 heavy (non-hydrogen) atoms. The van der Waals surface area contributed by atoms with Gasteiger partial charge >= 0.3 is 0 Å². The molecule has 0 bridgehead atoms. The van der Waals surface area contributed by atoms with Crippen LogP contribution in [0, 0.1) is 11.8 Å². The summed E-state index contributed by atoms with van der Waals surface area (Å²) in [5.41, 5.74) is 0. The van der Waals surface area contributed by atoms with Crippen molar-refractivity contribution < 1.29 is 9.26 Å². The Kier molecular flexibility index (Phi) is 6.45. The third-order valence-electron chi connectivity index (χ3n) is 3.18. The van der Waals surface area contributed by atoms with Crippen LogP contribution in [-0.4, -0.2) is 30.3 Å². The zero-order chi connectivity index (χ0) is 14.4. The Labute approximate surface area is 116 Å². The molecule has 0 saturated carbocycles. The molecule has 1 aromatic rings. The van der Waals surface area contributed by atoms with E-state index in [1.807, 2.05) is 7.05 Å². The number of nitrogens with zero attached hydrogens (tertiary/aromatic N) is 2. The van der Waals surface area contributed by atoms with Crippen molar-refractivity contribution in [3.05, 3.63) is 11.7 Å². The Morgan fingerprint density at radius 3 is 2.42 bits per heavy atom. The number of hydrogen-bond acceptors (Lipinski definition) is 5. The van der Waals surface area contributed by atoms with Crippen molar-refractivity contribution in [3.8, 4) is 0 Å². The van der Waals surface area contributed by atoms with Crippen molar-refractivity contribution in [2.45, 2.75) is 52.7 Å². The van der Waals surface area contributed by atoms with Crippen LogP contribution in [0.2, 0.25) is 0 Å². The van der Waals surface area contributed by atoms with Gasteiger partial charge in [0.2, 0.25) is 11.7 Å². The molecule has 5 nitrogen and oxygen atoms in total. The Morgan fingerprint density at radius 2 is 1.95 bits per heavy atom. The molecule has 1 aromatic heterocycles. The molecular weight excluding hydrogens is 242 g/mol. The molecule has 2 unspecified atom stereocenters. The van der Waals surface area contributed by atoms with Crippen LogP contribution < -0.4 is 5.32 Å². The highest BCUT2D eigenvalue weighted by atomic mass is 16.5. The molecule has 5 heteroatoms. The van der Waals surface area contributed by atoms with Crippen molar-refractivity contribution >= 4 is 0 Å². The third kappa shape index (κ3) is 4.91. The van der Waals surface area contributed by atoms with E-state index >= 15 is 0 Å². The fraction of sp³-hybridized carbons (Fsp3) is 0.857. The molecule has 1 heterocycles. The number of likely N-dealkylation sites (N-methyl/N-ethyl adjacent to an activating group) is 1. The summed E-state index contributed by atoms with van der Waals surface area (Å²) in [6.07, 6.45) is 1.75. The van der Waals surface area contributed by atoms with Crippen LogP contribution in [0.1, 0.15) is 51.9 Å². The second-order valence-corrected chi connectivity index (χ2v) is 5.77. The lowest BCUT2D eigenvalue weighted by Crippen LogP contribution is -2.29. The van der Waals surface area contributed by atoms with Gasteiger partial charge in [0.15, 0.2) is 0 Å². The van der Waals surface area contributed by atoms with Gasteiger partial charge in [-0.2, -0.15) is 4.98 Å². The van der Waals surface area contributed by atoms with Gasteiger partial charge in [-0.25, -0.2) is 0 Å². The van der Waals surface area contributed by atoms with Crippen molar-refractivity contribution in [2.75, 3.05) is 14.2 Å². The molecule has 1 N–H and O–H groups in total. The monoisotopic (exact) mass is 269 g/mol. The molecule has 0 aliphatic carbocycles. The van der Waals surface area contributed by atoms with Gasteiger partial charge < -0.3 is 14.6 Å². The molecule has 0 aliphatic rings. The lowest BCUT2D eigenvalue weighted by molar-refractivity contribution is 0.0555. The van der Waals surface area contributed by atoms with Crippen molar-refractivity contribution in [3.63, 3.8) is 0 Å². The Balaban J connectivity index is 2.68. The maximum atomic E-state index is 5.41. The van der Waals surface area contributed by atoms with E-state index < -0.39 is 0 Å². The van der Waals surface area contributed by atoms with Gasteiger partial charge in [0.05, 0.1) is 0 Å². The van der Waals surface area contributed by atoms with E-state index in [9.17, 15) is 0 Å². The molecule has 0 radical (unpaired) electrons. The first-order valence-corrected chi connectivity index (χ1v) is 7.00. The van der Waals surface area contributed by atoms with E-state index in [1.54, 1.807) is 7.11 Å². The van der Waals surface area contributed by atoms with E-state index in [0.717, 1.165) is 12.8 Å². The van der Waals surface area contributed by atoms with Gasteiger partial charge in [-0.3, -0.25) is 0 Å². The number of ether oxygens (including phenoxy) is 1. The smallest absolute Gasteiger partial charge is 0.228 e. The predicted molar refractivity (Wildman–Crippen MR) is 74.9 cm³/mol. The molecule has 2 atom stereocenters. The fourth-order valence-electron chi connectivity index (χ4n) is 2.23. The number of hydrogen-bond donors (Lipinski definition) is 1. The van der Waals surface area contributed by atoms with Crippen LogP contribution in [0.15, 0.2) is 4.52 Å². The third-order valence-corrected chi connectivity index (χ3v) is 3.18. The van der Waals surface area contributed by atoms with Gasteiger partial charge in [0.25, 0.3) is 0 Å². The number of aromatic nitrogens is 2. The first-order chi connectivity index (χ1) is 8.97. The van der Waals surface area contributed by atoms with Crippen molar-refractivity contribution in [2.24, 2.45) is 11.8 Å². The maximum absolute atomic E-state index is 5.41. The topological polar surface area (TPSA) is 60.2 Å². The van der Waals surface area contributed by atoms with Gasteiger partial charge in [0.1, 0.15) is 6.10 Å². The Morgan fingerprint density at radius 1 is 1.26 bits per heavy atom. The molecule has 0 aliphatic heterocycles. The summed E-state index contributed by atoms with van der Waals surface area (Å²) in [6, 6.07) is 0.369. The van der Waals surface area contributed by atoms with Gasteiger partial charge in [-0.1, -0.05) is 32.9 Å². The SMILES string of the molecule is CNC(Cc1nc(C(OC)C(C)C)no1)CC(C)C. The minimum absolute atomic E-state index is 0.101. The average molecular weight is 269 g/mol. The standard InChI is InChI=1S/C14H27N3O2/c1-9(2)7-11(15-5)8-12-16-14(17-19-12)13(18-6)10(3)4/h9-11,13,15H,7-8H2,1-6H3. The van der Waals surface area contributed by atoms with E-state index in [1.165, 1.54) is 0 Å². The van der Waals surface area contributed by atoms with Crippen LogP contribution in [0.5, 0.6) is 0 Å². The van der Waals surface area contributed by atoms with Gasteiger partial charge in [-0.05, 0) is 25.3 Å². The molecule has 0 fully saturated rings. The first-order valence-electron chi connectivity index (χ1n) is 7.00. The minimum Gasteiger partial charge on any atom is -0.373 e. The molecule has 0 saturated heterocycles. The number of rotatable bonds is 8. The van der Waals surface area contributed by atoms with E-state index in [0.29, 0.717) is 29.6 Å². The quantitative estimate of drug-likeness (QED) is 0.786. The van der Waals surface area contributed by atoms with Crippen LogP contribution in [0.25, 0.3) is 0 Å². The van der Waals surface area contributed by atoms with Crippen LogP contribution in [-0.2, 0) is 11.2 Å². The summed E-state index contributed by atoms with van der Waals surface area (Å²) in [4.78, 5) is 4.45. The minimum atomic E-state index is -0.101. The second-order valence-electron chi connectivity index (χ2n) is 5.77. The zero-order valence-electron chi connectivity index (χ0n) is 12.9. The van der Waals surface area contributed by atoms with E-state index in [2.05, 4.69) is 43.2 Å². The number of nitrogens with one attached hydrogen (secondary N) is 1. The van der Waals surface area contributed by atoms with Gasteiger partial charge in [-0.15, -0.1) is 0 Å². The summed E-state index contributed by atoms with van der Waals surface area (Å²) in [7, 11) is 3.65. The summed E-state index contributed by atoms with van der Waals surface area (Å²) < 4.78 is 10.7. The Bertz CT molecular complexity index is 363. The predicted octanol–water partition coefficient (Wildman–Crippen LogP) is 2.59. The lowest BCUT2D eigenvalue weighted by Gasteiger charge is -2.16. The van der Waals surface area contributed by atoms with Crippen molar-refractivity contribution in [1.82, 2.24) is 15.5 Å². The molecule has 110 valence electrons. The average Bonchev–Trinajstić information content (AvgIpc) is 2.76. The summed E-state index contributed by atoms with van der Waals surface area (Å²) in [6.45, 7) is 8.59. The fourth-order valence-corrected chi connectivity index (χ4v) is 2.23. The lowest BCUT2D eigenvalue weighted by atomic mass is 10.0. The normalized spacial score (nSPS) is 15.2. The van der Waals surface area contributed by atoms with Crippen LogP contribution in [0.3, 0.4) is 0 Å². The number of methoxy groups -OCH3 is 1. The van der Waals surface area contributed by atoms with Gasteiger partial charge in [0, 0.05) is 19.6 Å². The summed E-state index contributed by atoms with van der Waals surface area (Å²) in [5, 5.41) is 7.33. The van der Waals surface area contributed by atoms with E-state index in [-0.39, 0.29) is 6.10 Å². The molecule has 0 aromatic carbocycles. The maximum Gasteiger partial charge on any atom is 0.228 e. The highest BCUT2D eigenvalue weighted by molar-refractivity contribution is 4.94. The molecule has 0 amide bonds. The van der Waals surface area contributed by atoms with E-state index in [4.69, 9.17) is 9.26 Å². The van der Waals surface area contributed by atoms with Crippen LogP contribution >= 0.6 is 0 Å². The molecule has 0 spiro atoms.